The van der Waals surface area contributed by atoms with Crippen LogP contribution in [0.2, 0.25) is 0 Å². The van der Waals surface area contributed by atoms with Crippen LogP contribution in [0.1, 0.15) is 41.8 Å². The number of piperidine rings is 1. The van der Waals surface area contributed by atoms with E-state index >= 15 is 0 Å². The predicted octanol–water partition coefficient (Wildman–Crippen LogP) is 3.07. The van der Waals surface area contributed by atoms with E-state index in [9.17, 15) is 9.90 Å². The second-order valence-electron chi connectivity index (χ2n) is 6.30. The molecule has 5 nitrogen and oxygen atoms in total. The minimum atomic E-state index is -0.467. The highest BCUT2D eigenvalue weighted by molar-refractivity contribution is 5.94. The maximum absolute atomic E-state index is 12.6. The lowest BCUT2D eigenvalue weighted by atomic mass is 9.87. The van der Waals surface area contributed by atoms with Gasteiger partial charge < -0.3 is 14.7 Å². The first kappa shape index (κ1) is 17.4. The van der Waals surface area contributed by atoms with Gasteiger partial charge in [-0.2, -0.15) is 0 Å². The van der Waals surface area contributed by atoms with E-state index in [0.29, 0.717) is 31.1 Å². The molecule has 1 amide bonds. The smallest absolute Gasteiger partial charge is 0.255 e. The van der Waals surface area contributed by atoms with E-state index < -0.39 is 6.10 Å². The molecule has 25 heavy (non-hydrogen) atoms. The molecule has 1 aromatic carbocycles. The summed E-state index contributed by atoms with van der Waals surface area (Å²) in [6.07, 6.45) is 2.70. The standard InChI is InChI=1S/C20H24N2O3/c1-2-25-18-9-8-17(14-21-18)20(24)22-12-10-16(11-13-22)19(23)15-6-4-3-5-7-15/h3-9,14,16,19,23H,2,10-13H2,1H3. The molecule has 1 aromatic heterocycles. The van der Waals surface area contributed by atoms with Gasteiger partial charge >= 0.3 is 0 Å². The third kappa shape index (κ3) is 4.17. The van der Waals surface area contributed by atoms with Crippen molar-refractivity contribution in [2.45, 2.75) is 25.9 Å². The molecule has 0 radical (unpaired) electrons. The first-order valence-corrected chi connectivity index (χ1v) is 8.80. The second-order valence-corrected chi connectivity index (χ2v) is 6.30. The summed E-state index contributed by atoms with van der Waals surface area (Å²) in [5.41, 5.74) is 1.52. The number of nitrogens with zero attached hydrogens (tertiary/aromatic N) is 2. The van der Waals surface area contributed by atoms with Gasteiger partial charge in [-0.25, -0.2) is 4.98 Å². The van der Waals surface area contributed by atoms with Gasteiger partial charge in [0.2, 0.25) is 5.88 Å². The molecule has 1 aliphatic rings. The van der Waals surface area contributed by atoms with Crippen LogP contribution in [0.5, 0.6) is 5.88 Å². The number of hydrogen-bond donors (Lipinski definition) is 1. The molecule has 5 heteroatoms. The molecule has 3 rings (SSSR count). The van der Waals surface area contributed by atoms with Gasteiger partial charge in [-0.05, 0) is 37.3 Å². The highest BCUT2D eigenvalue weighted by Crippen LogP contribution is 2.31. The third-order valence-electron chi connectivity index (χ3n) is 4.69. The molecular weight excluding hydrogens is 316 g/mol. The highest BCUT2D eigenvalue weighted by Gasteiger charge is 2.28. The Morgan fingerprint density at radius 1 is 1.24 bits per heavy atom. The molecule has 2 aromatic rings. The van der Waals surface area contributed by atoms with E-state index in [1.807, 2.05) is 42.2 Å². The first-order valence-electron chi connectivity index (χ1n) is 8.80. The second kappa shape index (κ2) is 8.12. The van der Waals surface area contributed by atoms with Crippen molar-refractivity contribution in [1.29, 1.82) is 0 Å². The summed E-state index contributed by atoms with van der Waals surface area (Å²) in [5, 5.41) is 10.5. The van der Waals surface area contributed by atoms with Gasteiger partial charge in [0.05, 0.1) is 18.3 Å². The summed E-state index contributed by atoms with van der Waals surface area (Å²) in [6.45, 7) is 3.76. The molecule has 1 unspecified atom stereocenters. The summed E-state index contributed by atoms with van der Waals surface area (Å²) in [5.74, 6) is 0.705. The maximum atomic E-state index is 12.6. The van der Waals surface area contributed by atoms with Crippen LogP contribution in [0.25, 0.3) is 0 Å². The van der Waals surface area contributed by atoms with E-state index in [-0.39, 0.29) is 11.8 Å². The molecule has 0 bridgehead atoms. The van der Waals surface area contributed by atoms with E-state index in [0.717, 1.165) is 18.4 Å². The number of pyridine rings is 1. The van der Waals surface area contributed by atoms with Crippen LogP contribution >= 0.6 is 0 Å². The number of carbonyl (C=O) groups excluding carboxylic acids is 1. The van der Waals surface area contributed by atoms with Gasteiger partial charge in [0.1, 0.15) is 0 Å². The predicted molar refractivity (Wildman–Crippen MR) is 95.4 cm³/mol. The van der Waals surface area contributed by atoms with Crippen molar-refractivity contribution >= 4 is 5.91 Å². The Labute approximate surface area is 148 Å². The molecular formula is C20H24N2O3. The zero-order chi connectivity index (χ0) is 17.6. The van der Waals surface area contributed by atoms with Crippen molar-refractivity contribution in [2.75, 3.05) is 19.7 Å². The Hall–Kier alpha value is -2.40. The third-order valence-corrected chi connectivity index (χ3v) is 4.69. The topological polar surface area (TPSA) is 62.7 Å². The summed E-state index contributed by atoms with van der Waals surface area (Å²) in [6, 6.07) is 13.2. The van der Waals surface area contributed by atoms with Gasteiger partial charge in [0, 0.05) is 25.4 Å². The number of likely N-dealkylation sites (tertiary alicyclic amines) is 1. The maximum Gasteiger partial charge on any atom is 0.255 e. The number of rotatable bonds is 5. The van der Waals surface area contributed by atoms with Crippen LogP contribution < -0.4 is 4.74 Å². The Morgan fingerprint density at radius 2 is 1.96 bits per heavy atom. The quantitative estimate of drug-likeness (QED) is 0.909. The van der Waals surface area contributed by atoms with Crippen molar-refractivity contribution < 1.29 is 14.6 Å². The number of hydrogen-bond acceptors (Lipinski definition) is 4. The Morgan fingerprint density at radius 3 is 2.56 bits per heavy atom. The molecule has 2 heterocycles. The lowest BCUT2D eigenvalue weighted by molar-refractivity contribution is 0.0462. The molecule has 0 spiro atoms. The molecule has 1 atom stereocenters. The number of carbonyl (C=O) groups is 1. The van der Waals surface area contributed by atoms with Crippen LogP contribution in [-0.4, -0.2) is 40.6 Å². The van der Waals surface area contributed by atoms with Gasteiger partial charge in [0.25, 0.3) is 5.91 Å². The summed E-state index contributed by atoms with van der Waals surface area (Å²) in [4.78, 5) is 18.6. The zero-order valence-electron chi connectivity index (χ0n) is 14.5. The van der Waals surface area contributed by atoms with Crippen molar-refractivity contribution in [3.05, 3.63) is 59.8 Å². The van der Waals surface area contributed by atoms with E-state index in [1.165, 1.54) is 0 Å². The van der Waals surface area contributed by atoms with Crippen molar-refractivity contribution in [2.24, 2.45) is 5.92 Å². The minimum absolute atomic E-state index is 0.0109. The number of aliphatic hydroxyl groups is 1. The fourth-order valence-electron chi connectivity index (χ4n) is 3.26. The van der Waals surface area contributed by atoms with Gasteiger partial charge in [-0.15, -0.1) is 0 Å². The SMILES string of the molecule is CCOc1ccc(C(=O)N2CCC(C(O)c3ccccc3)CC2)cn1. The van der Waals surface area contributed by atoms with Gasteiger partial charge in [-0.1, -0.05) is 30.3 Å². The number of aromatic nitrogens is 1. The molecule has 1 saturated heterocycles. The Kier molecular flexibility index (Phi) is 5.66. The van der Waals surface area contributed by atoms with Gasteiger partial charge in [-0.3, -0.25) is 4.79 Å². The highest BCUT2D eigenvalue weighted by atomic mass is 16.5. The number of aliphatic hydroxyl groups excluding tert-OH is 1. The van der Waals surface area contributed by atoms with Crippen molar-refractivity contribution in [1.82, 2.24) is 9.88 Å². The molecule has 0 aliphatic carbocycles. The van der Waals surface area contributed by atoms with Crippen LogP contribution in [-0.2, 0) is 0 Å². The van der Waals surface area contributed by atoms with E-state index in [4.69, 9.17) is 4.74 Å². The zero-order valence-corrected chi connectivity index (χ0v) is 14.5. The monoisotopic (exact) mass is 340 g/mol. The number of ether oxygens (including phenoxy) is 1. The van der Waals surface area contributed by atoms with E-state index in [2.05, 4.69) is 4.98 Å². The lowest BCUT2D eigenvalue weighted by Gasteiger charge is -2.34. The van der Waals surface area contributed by atoms with Crippen molar-refractivity contribution in [3.8, 4) is 5.88 Å². The first-order chi connectivity index (χ1) is 12.2. The average molecular weight is 340 g/mol. The normalized spacial score (nSPS) is 16.5. The molecule has 1 aliphatic heterocycles. The van der Waals surface area contributed by atoms with Crippen LogP contribution in [0, 0.1) is 5.92 Å². The largest absolute Gasteiger partial charge is 0.478 e. The fourth-order valence-corrected chi connectivity index (χ4v) is 3.26. The summed E-state index contributed by atoms with van der Waals surface area (Å²) < 4.78 is 5.30. The Balaban J connectivity index is 1.57. The average Bonchev–Trinajstić information content (AvgIpc) is 2.68. The molecule has 0 saturated carbocycles. The van der Waals surface area contributed by atoms with Crippen LogP contribution in [0.4, 0.5) is 0 Å². The molecule has 132 valence electrons. The van der Waals surface area contributed by atoms with Crippen LogP contribution in [0.15, 0.2) is 48.7 Å². The number of amides is 1. The summed E-state index contributed by atoms with van der Waals surface area (Å²) >= 11 is 0. The minimum Gasteiger partial charge on any atom is -0.478 e. The molecule has 1 fully saturated rings. The molecule has 1 N–H and O–H groups in total. The van der Waals surface area contributed by atoms with Crippen LogP contribution in [0.3, 0.4) is 0 Å². The lowest BCUT2D eigenvalue weighted by Crippen LogP contribution is -2.39. The van der Waals surface area contributed by atoms with Gasteiger partial charge in [0.15, 0.2) is 0 Å². The Bertz CT molecular complexity index is 680. The fraction of sp³-hybridized carbons (Fsp3) is 0.400. The van der Waals surface area contributed by atoms with E-state index in [1.54, 1.807) is 18.3 Å². The summed E-state index contributed by atoms with van der Waals surface area (Å²) in [7, 11) is 0. The number of benzene rings is 1. The van der Waals surface area contributed by atoms with Crippen molar-refractivity contribution in [3.63, 3.8) is 0 Å².